The van der Waals surface area contributed by atoms with Crippen LogP contribution in [0.15, 0.2) is 24.3 Å². The molecule has 0 radical (unpaired) electrons. The molecule has 0 aliphatic carbocycles. The van der Waals surface area contributed by atoms with Crippen molar-refractivity contribution in [2.75, 3.05) is 18.4 Å². The molecule has 1 aliphatic rings. The lowest BCUT2D eigenvalue weighted by atomic mass is 10.0. The molecule has 2 N–H and O–H groups in total. The maximum absolute atomic E-state index is 12.0. The highest BCUT2D eigenvalue weighted by molar-refractivity contribution is 5.90. The molecule has 1 fully saturated rings. The van der Waals surface area contributed by atoms with Crippen LogP contribution < -0.4 is 10.6 Å². The van der Waals surface area contributed by atoms with Crippen molar-refractivity contribution in [1.82, 2.24) is 10.2 Å². The molecule has 1 saturated heterocycles. The Morgan fingerprint density at radius 1 is 1.28 bits per heavy atom. The predicted molar refractivity (Wildman–Crippen MR) is 104 cm³/mol. The highest BCUT2D eigenvalue weighted by Crippen LogP contribution is 2.16. The quantitative estimate of drug-likeness (QED) is 0.778. The predicted octanol–water partition coefficient (Wildman–Crippen LogP) is 3.19. The van der Waals surface area contributed by atoms with Gasteiger partial charge in [-0.1, -0.05) is 12.1 Å². The van der Waals surface area contributed by atoms with E-state index < -0.39 is 0 Å². The van der Waals surface area contributed by atoms with Crippen LogP contribution in [0.3, 0.4) is 0 Å². The number of benzene rings is 1. The van der Waals surface area contributed by atoms with Gasteiger partial charge in [0.1, 0.15) is 0 Å². The molecule has 140 valence electrons. The summed E-state index contributed by atoms with van der Waals surface area (Å²) >= 11 is 0. The zero-order valence-corrected chi connectivity index (χ0v) is 16.2. The van der Waals surface area contributed by atoms with Crippen LogP contribution in [0.25, 0.3) is 0 Å². The lowest BCUT2D eigenvalue weighted by Crippen LogP contribution is -2.34. The Hall–Kier alpha value is -1.59. The van der Waals surface area contributed by atoms with E-state index in [4.69, 9.17) is 0 Å². The first-order valence-electron chi connectivity index (χ1n) is 8.82. The number of halogens is 1. The number of anilines is 1. The van der Waals surface area contributed by atoms with E-state index in [1.807, 2.05) is 43.0 Å². The molecule has 5 nitrogen and oxygen atoms in total. The molecule has 6 heteroatoms. The summed E-state index contributed by atoms with van der Waals surface area (Å²) < 4.78 is 0. The van der Waals surface area contributed by atoms with Gasteiger partial charge in [0.15, 0.2) is 0 Å². The molecule has 1 atom stereocenters. The van der Waals surface area contributed by atoms with E-state index in [0.29, 0.717) is 18.9 Å². The lowest BCUT2D eigenvalue weighted by molar-refractivity contribution is -0.131. The van der Waals surface area contributed by atoms with E-state index in [9.17, 15) is 9.59 Å². The molecule has 0 aromatic heterocycles. The van der Waals surface area contributed by atoms with Crippen molar-refractivity contribution in [3.8, 4) is 0 Å². The molecule has 1 unspecified atom stereocenters. The van der Waals surface area contributed by atoms with Crippen LogP contribution in [0, 0.1) is 5.92 Å². The smallest absolute Gasteiger partial charge is 0.224 e. The number of hydrogen-bond donors (Lipinski definition) is 2. The third kappa shape index (κ3) is 7.04. The number of rotatable bonds is 7. The van der Waals surface area contributed by atoms with E-state index in [-0.39, 0.29) is 30.3 Å². The molecule has 1 heterocycles. The molecule has 1 aliphatic heterocycles. The number of carbonyl (C=O) groups is 2. The summed E-state index contributed by atoms with van der Waals surface area (Å²) in [5, 5.41) is 6.28. The Kier molecular flexibility index (Phi) is 8.93. The van der Waals surface area contributed by atoms with Gasteiger partial charge in [-0.15, -0.1) is 12.4 Å². The minimum atomic E-state index is 0. The van der Waals surface area contributed by atoms with Crippen molar-refractivity contribution in [3.05, 3.63) is 29.8 Å². The highest BCUT2D eigenvalue weighted by Gasteiger charge is 2.16. The molecular formula is C19H30ClN3O2. The van der Waals surface area contributed by atoms with Gasteiger partial charge in [-0.2, -0.15) is 0 Å². The monoisotopic (exact) mass is 367 g/mol. The van der Waals surface area contributed by atoms with Crippen molar-refractivity contribution < 1.29 is 9.59 Å². The Labute approximate surface area is 157 Å². The molecule has 0 spiro atoms. The van der Waals surface area contributed by atoms with Crippen molar-refractivity contribution in [1.29, 1.82) is 0 Å². The SMILES string of the molecule is CC(=O)N(Cc1ccc(NC(=O)CCC2CCNC2)cc1)C(C)C.Cl. The number of amides is 2. The summed E-state index contributed by atoms with van der Waals surface area (Å²) in [6, 6.07) is 7.92. The van der Waals surface area contributed by atoms with E-state index >= 15 is 0 Å². The standard InChI is InChI=1S/C19H29N3O2.ClH/c1-14(2)22(15(3)23)13-17-4-7-18(8-5-17)21-19(24)9-6-16-10-11-20-12-16;/h4-5,7-8,14,16,20H,6,9-13H2,1-3H3,(H,21,24);1H. The van der Waals surface area contributed by atoms with E-state index in [1.165, 1.54) is 6.42 Å². The summed E-state index contributed by atoms with van der Waals surface area (Å²) in [4.78, 5) is 25.5. The summed E-state index contributed by atoms with van der Waals surface area (Å²) in [5.74, 6) is 0.776. The fourth-order valence-electron chi connectivity index (χ4n) is 3.07. The summed E-state index contributed by atoms with van der Waals surface area (Å²) in [6.07, 6.45) is 2.68. The first kappa shape index (κ1) is 21.5. The van der Waals surface area contributed by atoms with Crippen molar-refractivity contribution in [2.45, 2.75) is 52.6 Å². The van der Waals surface area contributed by atoms with E-state index in [2.05, 4.69) is 10.6 Å². The van der Waals surface area contributed by atoms with Crippen LogP contribution in [0.4, 0.5) is 5.69 Å². The third-order valence-corrected chi connectivity index (χ3v) is 4.56. The zero-order valence-electron chi connectivity index (χ0n) is 15.4. The fraction of sp³-hybridized carbons (Fsp3) is 0.579. The molecule has 1 aromatic carbocycles. The van der Waals surface area contributed by atoms with Crippen LogP contribution in [0.2, 0.25) is 0 Å². The second-order valence-corrected chi connectivity index (χ2v) is 6.88. The Morgan fingerprint density at radius 3 is 2.48 bits per heavy atom. The van der Waals surface area contributed by atoms with Gasteiger partial charge in [-0.05, 0) is 63.4 Å². The van der Waals surface area contributed by atoms with Crippen molar-refractivity contribution in [3.63, 3.8) is 0 Å². The Bertz CT molecular complexity index is 554. The molecular weight excluding hydrogens is 338 g/mol. The normalized spacial score (nSPS) is 16.4. The Balaban J connectivity index is 0.00000312. The zero-order chi connectivity index (χ0) is 17.5. The second kappa shape index (κ2) is 10.4. The van der Waals surface area contributed by atoms with Gasteiger partial charge in [0.05, 0.1) is 0 Å². The third-order valence-electron chi connectivity index (χ3n) is 4.56. The number of hydrogen-bond acceptors (Lipinski definition) is 3. The average molecular weight is 368 g/mol. The Morgan fingerprint density at radius 2 is 1.96 bits per heavy atom. The van der Waals surface area contributed by atoms with Crippen LogP contribution in [-0.2, 0) is 16.1 Å². The van der Waals surface area contributed by atoms with E-state index in [0.717, 1.165) is 30.8 Å². The minimum absolute atomic E-state index is 0. The molecule has 2 amide bonds. The summed E-state index contributed by atoms with van der Waals surface area (Å²) in [7, 11) is 0. The molecule has 1 aromatic rings. The van der Waals surface area contributed by atoms with Crippen LogP contribution in [-0.4, -0.2) is 35.8 Å². The van der Waals surface area contributed by atoms with Gasteiger partial charge in [0.2, 0.25) is 11.8 Å². The molecule has 0 saturated carbocycles. The summed E-state index contributed by atoms with van der Waals surface area (Å²) in [5.41, 5.74) is 1.88. The maximum atomic E-state index is 12.0. The minimum Gasteiger partial charge on any atom is -0.336 e. The van der Waals surface area contributed by atoms with Crippen molar-refractivity contribution in [2.24, 2.45) is 5.92 Å². The number of carbonyl (C=O) groups excluding carboxylic acids is 2. The highest BCUT2D eigenvalue weighted by atomic mass is 35.5. The van der Waals surface area contributed by atoms with Crippen LogP contribution in [0.1, 0.15) is 45.6 Å². The largest absolute Gasteiger partial charge is 0.336 e. The van der Waals surface area contributed by atoms with Gasteiger partial charge in [0.25, 0.3) is 0 Å². The number of nitrogens with zero attached hydrogens (tertiary/aromatic N) is 1. The average Bonchev–Trinajstić information content (AvgIpc) is 3.05. The van der Waals surface area contributed by atoms with Gasteiger partial charge in [-0.25, -0.2) is 0 Å². The van der Waals surface area contributed by atoms with Gasteiger partial charge >= 0.3 is 0 Å². The second-order valence-electron chi connectivity index (χ2n) is 6.88. The number of nitrogens with one attached hydrogen (secondary N) is 2. The van der Waals surface area contributed by atoms with E-state index in [1.54, 1.807) is 6.92 Å². The van der Waals surface area contributed by atoms with Gasteiger partial charge < -0.3 is 15.5 Å². The van der Waals surface area contributed by atoms with Gasteiger partial charge in [0, 0.05) is 31.6 Å². The van der Waals surface area contributed by atoms with Crippen molar-refractivity contribution >= 4 is 29.9 Å². The van der Waals surface area contributed by atoms with Crippen LogP contribution >= 0.6 is 12.4 Å². The molecule has 0 bridgehead atoms. The lowest BCUT2D eigenvalue weighted by Gasteiger charge is -2.25. The first-order chi connectivity index (χ1) is 11.5. The van der Waals surface area contributed by atoms with Crippen LogP contribution in [0.5, 0.6) is 0 Å². The topological polar surface area (TPSA) is 61.4 Å². The molecule has 2 rings (SSSR count). The molecule has 25 heavy (non-hydrogen) atoms. The summed E-state index contributed by atoms with van der Waals surface area (Å²) in [6.45, 7) is 8.31. The first-order valence-corrected chi connectivity index (χ1v) is 8.82. The maximum Gasteiger partial charge on any atom is 0.224 e. The van der Waals surface area contributed by atoms with Gasteiger partial charge in [-0.3, -0.25) is 9.59 Å². The fourth-order valence-corrected chi connectivity index (χ4v) is 3.07.